The molecule has 1 heterocycles. The van der Waals surface area contributed by atoms with Crippen molar-refractivity contribution in [3.8, 4) is 22.3 Å². The molecule has 5 rings (SSSR count). The third kappa shape index (κ3) is 7.04. The summed E-state index contributed by atoms with van der Waals surface area (Å²) < 4.78 is 30.1. The zero-order chi connectivity index (χ0) is 30.3. The van der Waals surface area contributed by atoms with Crippen LogP contribution in [-0.4, -0.2) is 34.6 Å². The van der Waals surface area contributed by atoms with E-state index in [1.165, 1.54) is 43.0 Å². The van der Waals surface area contributed by atoms with Crippen molar-refractivity contribution in [3.05, 3.63) is 77.4 Å². The standard InChI is InChI=1S/C35H44ClNO3SSi/c1-35(2,3)42(5,6)40-23-25-9-7-24(8-10-25)19-30-20-29-21-32(33(36)22-34(29)37-30)28-13-11-26(12-14-28)27-15-17-31(18-16-27)41(4,38)39/h11-18,20-22,24-25,37H,7-10,19,23H2,1-6H3. The van der Waals surface area contributed by atoms with Crippen LogP contribution in [0.2, 0.25) is 23.2 Å². The van der Waals surface area contributed by atoms with Gasteiger partial charge in [-0.15, -0.1) is 0 Å². The molecule has 0 radical (unpaired) electrons. The molecule has 1 N–H and O–H groups in total. The molecule has 0 amide bonds. The summed E-state index contributed by atoms with van der Waals surface area (Å²) in [5, 5.41) is 2.17. The minimum atomic E-state index is -3.21. The molecule has 0 atom stereocenters. The van der Waals surface area contributed by atoms with Crippen LogP contribution in [0, 0.1) is 11.8 Å². The Balaban J connectivity index is 1.22. The number of H-pyrrole nitrogens is 1. The van der Waals surface area contributed by atoms with E-state index in [0.717, 1.165) is 45.8 Å². The van der Waals surface area contributed by atoms with Gasteiger partial charge in [-0.3, -0.25) is 0 Å². The van der Waals surface area contributed by atoms with Gasteiger partial charge in [0.25, 0.3) is 0 Å². The molecule has 0 saturated heterocycles. The summed E-state index contributed by atoms with van der Waals surface area (Å²) in [6.45, 7) is 12.6. The fourth-order valence-electron chi connectivity index (χ4n) is 5.74. The number of aromatic amines is 1. The molecule has 1 aliphatic carbocycles. The molecule has 4 nitrogen and oxygen atoms in total. The Bertz CT molecular complexity index is 1640. The van der Waals surface area contributed by atoms with Crippen molar-refractivity contribution in [2.75, 3.05) is 12.9 Å². The SMILES string of the molecule is CC(C)(C)[Si](C)(C)OCC1CCC(Cc2cc3cc(-c4ccc(-c5ccc(S(C)(=O)=O)cc5)cc4)c(Cl)cc3[nH]2)CC1. The number of hydrogen-bond donors (Lipinski definition) is 1. The van der Waals surface area contributed by atoms with Crippen molar-refractivity contribution >= 4 is 40.7 Å². The molecular weight excluding hydrogens is 578 g/mol. The van der Waals surface area contributed by atoms with Crippen LogP contribution in [0.15, 0.2) is 71.6 Å². The van der Waals surface area contributed by atoms with Crippen molar-refractivity contribution in [1.29, 1.82) is 0 Å². The second-order valence-electron chi connectivity index (χ2n) is 13.7. The fourth-order valence-corrected chi connectivity index (χ4v) is 7.73. The molecular formula is C35H44ClNO3SSi. The van der Waals surface area contributed by atoms with E-state index in [0.29, 0.717) is 16.7 Å². The summed E-state index contributed by atoms with van der Waals surface area (Å²) in [6.07, 6.45) is 7.33. The molecule has 3 aromatic carbocycles. The predicted molar refractivity (Wildman–Crippen MR) is 180 cm³/mol. The number of benzene rings is 3. The first-order valence-electron chi connectivity index (χ1n) is 15.1. The second kappa shape index (κ2) is 12.0. The number of nitrogens with one attached hydrogen (secondary N) is 1. The Kier molecular flexibility index (Phi) is 8.84. The predicted octanol–water partition coefficient (Wildman–Crippen LogP) is 9.93. The van der Waals surface area contributed by atoms with E-state index in [4.69, 9.17) is 16.0 Å². The summed E-state index contributed by atoms with van der Waals surface area (Å²) >= 11 is 6.78. The molecule has 1 fully saturated rings. The van der Waals surface area contributed by atoms with E-state index in [2.05, 4.69) is 75.2 Å². The van der Waals surface area contributed by atoms with Gasteiger partial charge in [-0.05, 0) is 109 Å². The summed E-state index contributed by atoms with van der Waals surface area (Å²) in [6, 6.07) is 21.8. The quantitative estimate of drug-likeness (QED) is 0.199. The van der Waals surface area contributed by atoms with Crippen molar-refractivity contribution in [3.63, 3.8) is 0 Å². The molecule has 0 spiro atoms. The number of aromatic nitrogens is 1. The van der Waals surface area contributed by atoms with Crippen molar-refractivity contribution < 1.29 is 12.8 Å². The van der Waals surface area contributed by atoms with E-state index >= 15 is 0 Å². The van der Waals surface area contributed by atoms with Crippen molar-refractivity contribution in [2.24, 2.45) is 11.8 Å². The molecule has 1 aliphatic rings. The highest BCUT2D eigenvalue weighted by molar-refractivity contribution is 7.90. The van der Waals surface area contributed by atoms with Gasteiger partial charge in [0.05, 0.1) is 9.92 Å². The Hall–Kier alpha value is -2.38. The Morgan fingerprint density at radius 2 is 1.40 bits per heavy atom. The maximum atomic E-state index is 11.8. The monoisotopic (exact) mass is 621 g/mol. The zero-order valence-electron chi connectivity index (χ0n) is 25.8. The van der Waals surface area contributed by atoms with Crippen LogP contribution in [0.1, 0.15) is 52.1 Å². The minimum absolute atomic E-state index is 0.266. The molecule has 0 aliphatic heterocycles. The smallest absolute Gasteiger partial charge is 0.191 e. The maximum absolute atomic E-state index is 11.8. The Morgan fingerprint density at radius 3 is 1.98 bits per heavy atom. The molecule has 7 heteroatoms. The average molecular weight is 622 g/mol. The van der Waals surface area contributed by atoms with E-state index in [9.17, 15) is 8.42 Å². The maximum Gasteiger partial charge on any atom is 0.191 e. The minimum Gasteiger partial charge on any atom is -0.417 e. The van der Waals surface area contributed by atoms with Gasteiger partial charge in [0.15, 0.2) is 18.2 Å². The fraction of sp³-hybridized carbons (Fsp3) is 0.429. The van der Waals surface area contributed by atoms with Crippen LogP contribution in [0.3, 0.4) is 0 Å². The highest BCUT2D eigenvalue weighted by Crippen LogP contribution is 2.39. The van der Waals surface area contributed by atoms with E-state index in [-0.39, 0.29) is 5.04 Å². The largest absolute Gasteiger partial charge is 0.417 e. The summed E-state index contributed by atoms with van der Waals surface area (Å²) in [7, 11) is -4.89. The van der Waals surface area contributed by atoms with Crippen LogP contribution < -0.4 is 0 Å². The molecule has 0 unspecified atom stereocenters. The van der Waals surface area contributed by atoms with Crippen molar-refractivity contribution in [1.82, 2.24) is 4.98 Å². The van der Waals surface area contributed by atoms with Crippen LogP contribution in [0.5, 0.6) is 0 Å². The third-order valence-electron chi connectivity index (χ3n) is 9.54. The number of hydrogen-bond acceptors (Lipinski definition) is 3. The van der Waals surface area contributed by atoms with Gasteiger partial charge in [-0.2, -0.15) is 0 Å². The molecule has 1 aromatic heterocycles. The number of sulfone groups is 1. The zero-order valence-corrected chi connectivity index (χ0v) is 28.3. The Labute approximate surface area is 257 Å². The molecule has 0 bridgehead atoms. The van der Waals surface area contributed by atoms with E-state index < -0.39 is 18.2 Å². The lowest BCUT2D eigenvalue weighted by atomic mass is 9.80. The van der Waals surface area contributed by atoms with Crippen LogP contribution in [0.4, 0.5) is 0 Å². The van der Waals surface area contributed by atoms with Crippen molar-refractivity contribution in [2.45, 2.75) is 75.9 Å². The summed E-state index contributed by atoms with van der Waals surface area (Å²) in [4.78, 5) is 3.96. The highest BCUT2D eigenvalue weighted by atomic mass is 35.5. The first-order valence-corrected chi connectivity index (χ1v) is 20.2. The first-order chi connectivity index (χ1) is 19.7. The normalized spacial score (nSPS) is 18.5. The second-order valence-corrected chi connectivity index (χ2v) is 21.0. The van der Waals surface area contributed by atoms with E-state index in [1.54, 1.807) is 12.1 Å². The summed E-state index contributed by atoms with van der Waals surface area (Å²) in [5.41, 5.74) is 6.43. The highest BCUT2D eigenvalue weighted by Gasteiger charge is 2.37. The van der Waals surface area contributed by atoms with Gasteiger partial charge in [0.1, 0.15) is 0 Å². The summed E-state index contributed by atoms with van der Waals surface area (Å²) in [5.74, 6) is 1.40. The lowest BCUT2D eigenvalue weighted by molar-refractivity contribution is 0.170. The van der Waals surface area contributed by atoms with Crippen LogP contribution >= 0.6 is 11.6 Å². The van der Waals surface area contributed by atoms with Gasteiger partial charge in [-0.25, -0.2) is 8.42 Å². The molecule has 224 valence electrons. The number of fused-ring (bicyclic) bond motifs is 1. The van der Waals surface area contributed by atoms with Gasteiger partial charge in [0, 0.05) is 35.0 Å². The lowest BCUT2D eigenvalue weighted by Crippen LogP contribution is -2.42. The number of halogens is 1. The first kappa shape index (κ1) is 31.1. The van der Waals surface area contributed by atoms with Gasteiger partial charge in [0.2, 0.25) is 0 Å². The molecule has 1 saturated carbocycles. The van der Waals surface area contributed by atoms with Gasteiger partial charge >= 0.3 is 0 Å². The number of rotatable bonds is 8. The average Bonchev–Trinajstić information content (AvgIpc) is 3.32. The topological polar surface area (TPSA) is 59.2 Å². The Morgan fingerprint density at radius 1 is 0.857 bits per heavy atom. The van der Waals surface area contributed by atoms with Crippen LogP contribution in [0.25, 0.3) is 33.2 Å². The van der Waals surface area contributed by atoms with Crippen LogP contribution in [-0.2, 0) is 20.7 Å². The third-order valence-corrected chi connectivity index (χ3v) is 15.5. The molecule has 4 aromatic rings. The molecule has 42 heavy (non-hydrogen) atoms. The van der Waals surface area contributed by atoms with E-state index in [1.807, 2.05) is 18.2 Å². The lowest BCUT2D eigenvalue weighted by Gasteiger charge is -2.38. The van der Waals surface area contributed by atoms with Gasteiger partial charge in [-0.1, -0.05) is 68.8 Å². The van der Waals surface area contributed by atoms with Gasteiger partial charge < -0.3 is 9.41 Å².